The van der Waals surface area contributed by atoms with Gasteiger partial charge in [-0.05, 0) is 36.8 Å². The van der Waals surface area contributed by atoms with E-state index >= 15 is 0 Å². The Kier molecular flexibility index (Phi) is 3.96. The van der Waals surface area contributed by atoms with E-state index in [1.54, 1.807) is 17.8 Å². The zero-order valence-corrected chi connectivity index (χ0v) is 13.0. The fourth-order valence-corrected chi connectivity index (χ4v) is 3.80. The summed E-state index contributed by atoms with van der Waals surface area (Å²) in [4.78, 5) is 21.0. The number of H-pyrrole nitrogens is 1. The highest BCUT2D eigenvalue weighted by Crippen LogP contribution is 2.27. The molecule has 108 valence electrons. The van der Waals surface area contributed by atoms with Gasteiger partial charge in [-0.25, -0.2) is 10.8 Å². The molecule has 0 saturated carbocycles. The first-order valence-corrected chi connectivity index (χ1v) is 8.15. The minimum absolute atomic E-state index is 0.254. The summed E-state index contributed by atoms with van der Waals surface area (Å²) in [6.45, 7) is 2.06. The van der Waals surface area contributed by atoms with Gasteiger partial charge in [0, 0.05) is 10.6 Å². The lowest BCUT2D eigenvalue weighted by Gasteiger charge is -1.95. The van der Waals surface area contributed by atoms with Gasteiger partial charge in [0.1, 0.15) is 0 Å². The number of nitrogens with zero attached hydrogens (tertiary/aromatic N) is 1. The average molecular weight is 318 g/mol. The number of imidazole rings is 1. The van der Waals surface area contributed by atoms with Crippen molar-refractivity contribution in [2.75, 3.05) is 0 Å². The Hall–Kier alpha value is -1.83. The van der Waals surface area contributed by atoms with Crippen LogP contribution in [0.5, 0.6) is 0 Å². The lowest BCUT2D eigenvalue weighted by Crippen LogP contribution is -2.29. The Morgan fingerprint density at radius 2 is 2.29 bits per heavy atom. The summed E-state index contributed by atoms with van der Waals surface area (Å²) < 4.78 is 0. The number of carbonyl (C=O) groups is 1. The number of nitrogen functional groups attached to an aromatic ring is 1. The van der Waals surface area contributed by atoms with Crippen LogP contribution < -0.4 is 11.3 Å². The lowest BCUT2D eigenvalue weighted by molar-refractivity contribution is 0.0957. The first kappa shape index (κ1) is 14.1. The van der Waals surface area contributed by atoms with Crippen molar-refractivity contribution >= 4 is 40.0 Å². The number of aromatic amines is 1. The molecule has 0 saturated heterocycles. The van der Waals surface area contributed by atoms with E-state index in [4.69, 9.17) is 5.84 Å². The van der Waals surface area contributed by atoms with Gasteiger partial charge in [-0.2, -0.15) is 0 Å². The fraction of sp³-hybridized carbons (Fsp3) is 0.143. The van der Waals surface area contributed by atoms with E-state index in [9.17, 15) is 4.79 Å². The number of thiophene rings is 1. The molecule has 1 amide bonds. The second kappa shape index (κ2) is 5.88. The number of thioether (sulfide) groups is 1. The number of hydrazine groups is 1. The number of aromatic nitrogens is 2. The van der Waals surface area contributed by atoms with Crippen molar-refractivity contribution in [2.24, 2.45) is 5.84 Å². The maximum absolute atomic E-state index is 11.4. The van der Waals surface area contributed by atoms with Crippen LogP contribution in [-0.2, 0) is 5.75 Å². The molecule has 0 aliphatic carbocycles. The highest BCUT2D eigenvalue weighted by atomic mass is 32.2. The summed E-state index contributed by atoms with van der Waals surface area (Å²) in [5.41, 5.74) is 5.36. The van der Waals surface area contributed by atoms with E-state index in [0.717, 1.165) is 26.8 Å². The minimum Gasteiger partial charge on any atom is -0.333 e. The van der Waals surface area contributed by atoms with Crippen molar-refractivity contribution in [3.63, 3.8) is 0 Å². The summed E-state index contributed by atoms with van der Waals surface area (Å²) in [6, 6.07) is 9.87. The molecule has 4 N–H and O–H groups in total. The number of amides is 1. The van der Waals surface area contributed by atoms with E-state index < -0.39 is 0 Å². The quantitative estimate of drug-likeness (QED) is 0.299. The van der Waals surface area contributed by atoms with Crippen molar-refractivity contribution < 1.29 is 4.79 Å². The van der Waals surface area contributed by atoms with Crippen LogP contribution in [0, 0.1) is 6.92 Å². The second-order valence-electron chi connectivity index (χ2n) is 4.59. The first-order chi connectivity index (χ1) is 10.2. The Balaban J connectivity index is 1.71. The van der Waals surface area contributed by atoms with Crippen molar-refractivity contribution in [1.29, 1.82) is 0 Å². The van der Waals surface area contributed by atoms with E-state index in [0.29, 0.717) is 4.88 Å². The molecule has 0 atom stereocenters. The first-order valence-electron chi connectivity index (χ1n) is 6.34. The Bertz CT molecular complexity index is 793. The molecule has 0 unspecified atom stereocenters. The third kappa shape index (κ3) is 3.10. The normalized spacial score (nSPS) is 11.0. The molecule has 5 nitrogen and oxygen atoms in total. The van der Waals surface area contributed by atoms with Crippen molar-refractivity contribution in [1.82, 2.24) is 15.4 Å². The number of hydrogen-bond acceptors (Lipinski definition) is 5. The minimum atomic E-state index is -0.254. The highest BCUT2D eigenvalue weighted by Gasteiger charge is 2.09. The SMILES string of the molecule is Cc1ccc2nc(SCc3ccc(C(=O)NN)s3)[nH]c2c1. The summed E-state index contributed by atoms with van der Waals surface area (Å²) in [5.74, 6) is 5.63. The molecule has 3 aromatic rings. The van der Waals surface area contributed by atoms with E-state index in [1.807, 2.05) is 12.1 Å². The molecule has 7 heteroatoms. The van der Waals surface area contributed by atoms with Gasteiger partial charge in [-0.1, -0.05) is 17.8 Å². The zero-order chi connectivity index (χ0) is 14.8. The van der Waals surface area contributed by atoms with Crippen LogP contribution in [0.4, 0.5) is 0 Å². The molecule has 3 rings (SSSR count). The van der Waals surface area contributed by atoms with Gasteiger partial charge in [0.2, 0.25) is 0 Å². The smallest absolute Gasteiger partial charge is 0.275 e. The fourth-order valence-electron chi connectivity index (χ4n) is 1.96. The Morgan fingerprint density at radius 1 is 1.43 bits per heavy atom. The van der Waals surface area contributed by atoms with Crippen LogP contribution in [0.3, 0.4) is 0 Å². The summed E-state index contributed by atoms with van der Waals surface area (Å²) >= 11 is 3.06. The maximum atomic E-state index is 11.4. The molecule has 21 heavy (non-hydrogen) atoms. The summed E-state index contributed by atoms with van der Waals surface area (Å²) in [6.07, 6.45) is 0. The van der Waals surface area contributed by atoms with Gasteiger partial charge in [0.25, 0.3) is 5.91 Å². The largest absolute Gasteiger partial charge is 0.333 e. The van der Waals surface area contributed by atoms with Crippen LogP contribution >= 0.6 is 23.1 Å². The Labute approximate surface area is 129 Å². The van der Waals surface area contributed by atoms with Crippen LogP contribution in [0.2, 0.25) is 0 Å². The monoisotopic (exact) mass is 318 g/mol. The van der Waals surface area contributed by atoms with E-state index in [-0.39, 0.29) is 5.91 Å². The Morgan fingerprint density at radius 3 is 3.10 bits per heavy atom. The van der Waals surface area contributed by atoms with Crippen molar-refractivity contribution in [3.8, 4) is 0 Å². The molecule has 0 fully saturated rings. The molecule has 0 aliphatic rings. The molecule has 1 aromatic carbocycles. The van der Waals surface area contributed by atoms with Crippen LogP contribution in [0.25, 0.3) is 11.0 Å². The number of carbonyl (C=O) groups excluding carboxylic acids is 1. The number of benzene rings is 1. The third-order valence-electron chi connectivity index (χ3n) is 2.98. The molecule has 0 radical (unpaired) electrons. The van der Waals surface area contributed by atoms with Crippen LogP contribution in [0.15, 0.2) is 35.5 Å². The lowest BCUT2D eigenvalue weighted by atomic mass is 10.2. The van der Waals surface area contributed by atoms with Gasteiger partial charge in [-0.3, -0.25) is 10.2 Å². The van der Waals surface area contributed by atoms with Gasteiger partial charge in [-0.15, -0.1) is 11.3 Å². The standard InChI is InChI=1S/C14H14N4OS2/c1-8-2-4-10-11(6-8)17-14(16-10)20-7-9-3-5-12(21-9)13(19)18-15/h2-6H,7,15H2,1H3,(H,16,17)(H,18,19). The number of hydrogen-bond donors (Lipinski definition) is 3. The third-order valence-corrected chi connectivity index (χ3v) is 5.17. The molecular formula is C14H14N4OS2. The van der Waals surface area contributed by atoms with Crippen LogP contribution in [0.1, 0.15) is 20.1 Å². The number of nitrogens with one attached hydrogen (secondary N) is 2. The second-order valence-corrected chi connectivity index (χ2v) is 6.72. The molecule has 2 aromatic heterocycles. The number of nitrogens with two attached hydrogens (primary N) is 1. The van der Waals surface area contributed by atoms with E-state index in [1.165, 1.54) is 16.9 Å². The van der Waals surface area contributed by atoms with E-state index in [2.05, 4.69) is 34.5 Å². The van der Waals surface area contributed by atoms with Crippen LogP contribution in [-0.4, -0.2) is 15.9 Å². The number of rotatable bonds is 4. The number of fused-ring (bicyclic) bond motifs is 1. The predicted octanol–water partition coefficient (Wildman–Crippen LogP) is 2.83. The molecule has 0 bridgehead atoms. The average Bonchev–Trinajstić information content (AvgIpc) is 3.10. The number of aryl methyl sites for hydroxylation is 1. The summed E-state index contributed by atoms with van der Waals surface area (Å²) in [5, 5.41) is 0.883. The molecule has 0 aliphatic heterocycles. The summed E-state index contributed by atoms with van der Waals surface area (Å²) in [7, 11) is 0. The van der Waals surface area contributed by atoms with Gasteiger partial charge in [0.05, 0.1) is 15.9 Å². The van der Waals surface area contributed by atoms with Crippen molar-refractivity contribution in [2.45, 2.75) is 17.8 Å². The topological polar surface area (TPSA) is 83.8 Å². The van der Waals surface area contributed by atoms with Gasteiger partial charge >= 0.3 is 0 Å². The predicted molar refractivity (Wildman–Crippen MR) is 86.4 cm³/mol. The van der Waals surface area contributed by atoms with Gasteiger partial charge in [0.15, 0.2) is 5.16 Å². The molecule has 2 heterocycles. The van der Waals surface area contributed by atoms with Gasteiger partial charge < -0.3 is 4.98 Å². The molecular weight excluding hydrogens is 304 g/mol. The maximum Gasteiger partial charge on any atom is 0.275 e. The zero-order valence-electron chi connectivity index (χ0n) is 11.3. The molecule has 0 spiro atoms. The van der Waals surface area contributed by atoms with Crippen molar-refractivity contribution in [3.05, 3.63) is 45.6 Å². The highest BCUT2D eigenvalue weighted by molar-refractivity contribution is 7.98.